The van der Waals surface area contributed by atoms with Gasteiger partial charge in [0, 0.05) is 6.07 Å². The zero-order valence-corrected chi connectivity index (χ0v) is 12.3. The zero-order valence-electron chi connectivity index (χ0n) is 10.7. The number of hydrogen-bond donors (Lipinski definition) is 0. The molecule has 108 valence electrons. The number of carboxylic acid groups (broad SMARTS) is 1. The molecule has 3 aromatic heterocycles. The Hall–Kier alpha value is -2.27. The molecule has 1 atom stereocenters. The van der Waals surface area contributed by atoms with Crippen LogP contribution in [-0.4, -0.2) is 42.6 Å². The van der Waals surface area contributed by atoms with Crippen LogP contribution in [0.15, 0.2) is 22.7 Å². The number of carbonyl (C=O) groups excluding carboxylic acids is 1. The highest BCUT2D eigenvalue weighted by Gasteiger charge is 2.21. The first-order valence-corrected chi connectivity index (χ1v) is 8.22. The summed E-state index contributed by atoms with van der Waals surface area (Å²) in [5, 5.41) is 24.6. The minimum atomic E-state index is -1.26. The highest BCUT2D eigenvalue weighted by atomic mass is 33.1. The van der Waals surface area contributed by atoms with Crippen LogP contribution in [0.25, 0.3) is 11.0 Å². The smallest absolute Gasteiger partial charge is 0.269 e. The van der Waals surface area contributed by atoms with Crippen molar-refractivity contribution in [3.05, 3.63) is 17.5 Å². The quantitative estimate of drug-likeness (QED) is 0.459. The molecule has 0 bridgehead atoms. The number of carbonyl (C=O) groups is 1. The maximum atomic E-state index is 10.6. The summed E-state index contributed by atoms with van der Waals surface area (Å²) in [4.78, 5) is 14.8. The fourth-order valence-corrected chi connectivity index (χ4v) is 4.40. The summed E-state index contributed by atoms with van der Waals surface area (Å²) < 4.78 is 10.6. The lowest BCUT2D eigenvalue weighted by Gasteiger charge is -2.00. The van der Waals surface area contributed by atoms with E-state index >= 15 is 0 Å². The fraction of sp³-hybridized carbons (Fsp3) is 0.200. The average molecular weight is 324 g/mol. The Kier molecular flexibility index (Phi) is 3.66. The van der Waals surface area contributed by atoms with Gasteiger partial charge < -0.3 is 14.6 Å². The van der Waals surface area contributed by atoms with E-state index in [1.807, 2.05) is 11.4 Å². The lowest BCUT2D eigenvalue weighted by atomic mass is 10.4. The Morgan fingerprint density at radius 1 is 1.52 bits per heavy atom. The van der Waals surface area contributed by atoms with Gasteiger partial charge in [-0.25, -0.2) is 4.68 Å². The summed E-state index contributed by atoms with van der Waals surface area (Å²) in [5.41, 5.74) is 0.587. The van der Waals surface area contributed by atoms with E-state index in [0.29, 0.717) is 16.7 Å². The van der Waals surface area contributed by atoms with Crippen LogP contribution in [0, 0.1) is 0 Å². The maximum Gasteiger partial charge on any atom is 0.269 e. The maximum absolute atomic E-state index is 10.6. The predicted molar refractivity (Wildman–Crippen MR) is 72.6 cm³/mol. The van der Waals surface area contributed by atoms with Gasteiger partial charge in [0.2, 0.25) is 22.3 Å². The van der Waals surface area contributed by atoms with Crippen LogP contribution >= 0.6 is 20.5 Å². The second-order valence-corrected chi connectivity index (χ2v) is 6.85. The molecular weight excluding hydrogens is 316 g/mol. The van der Waals surface area contributed by atoms with Crippen LogP contribution in [0.5, 0.6) is 5.88 Å². The van der Waals surface area contributed by atoms with Crippen LogP contribution in [-0.2, 0) is 11.3 Å². The van der Waals surface area contributed by atoms with E-state index in [2.05, 4.69) is 24.9 Å². The standard InChI is InChI=1S/C10H8N6O3S2/c1-19-7-3-2-6-5-21(13-9(6)11-7)20-10-12-14-15-16(10)4-8(17)18/h2-3,5H,4H2,1H3. The van der Waals surface area contributed by atoms with E-state index in [1.54, 1.807) is 6.07 Å². The monoisotopic (exact) mass is 324 g/mol. The largest absolute Gasteiger partial charge is 0.548 e. The first-order chi connectivity index (χ1) is 10.2. The topological polar surface area (TPSA) is 119 Å². The number of ether oxygens (including phenoxy) is 1. The van der Waals surface area contributed by atoms with Gasteiger partial charge in [-0.1, -0.05) is 5.10 Å². The van der Waals surface area contributed by atoms with Gasteiger partial charge in [-0.15, -0.1) is 0 Å². The predicted octanol–water partition coefficient (Wildman–Crippen LogP) is -0.321. The number of rotatable bonds is 5. The van der Waals surface area contributed by atoms with E-state index < -0.39 is 22.2 Å². The fourth-order valence-electron chi connectivity index (χ4n) is 1.54. The number of nitrogens with zero attached hydrogens (tertiary/aromatic N) is 6. The molecule has 3 heterocycles. The van der Waals surface area contributed by atoms with Crippen LogP contribution < -0.4 is 9.84 Å². The molecule has 0 fully saturated rings. The Bertz CT molecular complexity index is 801. The molecule has 0 spiro atoms. The summed E-state index contributed by atoms with van der Waals surface area (Å²) in [6.07, 6.45) is 0. The molecule has 3 rings (SSSR count). The molecule has 0 aliphatic rings. The van der Waals surface area contributed by atoms with Crippen LogP contribution in [0.1, 0.15) is 0 Å². The number of hydrogen-bond acceptors (Lipinski definition) is 9. The van der Waals surface area contributed by atoms with Crippen molar-refractivity contribution in [2.45, 2.75) is 11.7 Å². The van der Waals surface area contributed by atoms with E-state index in [1.165, 1.54) is 17.9 Å². The van der Waals surface area contributed by atoms with Crippen molar-refractivity contribution in [3.8, 4) is 5.88 Å². The van der Waals surface area contributed by atoms with Crippen molar-refractivity contribution in [2.24, 2.45) is 0 Å². The third-order valence-corrected chi connectivity index (χ3v) is 5.32. The van der Waals surface area contributed by atoms with Crippen LogP contribution in [0.2, 0.25) is 0 Å². The SMILES string of the molecule is COc1ccc2c[s+](Sc3nnnn3CC(=O)[O-])nc2n1. The van der Waals surface area contributed by atoms with Crippen molar-refractivity contribution in [1.82, 2.24) is 29.6 Å². The first kappa shape index (κ1) is 13.7. The molecule has 21 heavy (non-hydrogen) atoms. The Morgan fingerprint density at radius 3 is 3.14 bits per heavy atom. The third kappa shape index (κ3) is 2.92. The Labute approximate surface area is 124 Å². The number of aromatic nitrogens is 6. The molecule has 11 heteroatoms. The second kappa shape index (κ2) is 5.61. The lowest BCUT2D eigenvalue weighted by molar-refractivity contribution is -0.306. The van der Waals surface area contributed by atoms with Gasteiger partial charge >= 0.3 is 0 Å². The average Bonchev–Trinajstić information content (AvgIpc) is 3.04. The molecule has 3 aromatic rings. The lowest BCUT2D eigenvalue weighted by Crippen LogP contribution is -2.28. The van der Waals surface area contributed by atoms with Gasteiger partial charge in [0.25, 0.3) is 5.16 Å². The van der Waals surface area contributed by atoms with E-state index in [4.69, 9.17) is 4.74 Å². The normalized spacial score (nSPS) is 11.8. The molecule has 1 unspecified atom stereocenters. The van der Waals surface area contributed by atoms with Crippen molar-refractivity contribution < 1.29 is 14.6 Å². The number of pyridine rings is 1. The first-order valence-electron chi connectivity index (χ1n) is 5.65. The zero-order chi connectivity index (χ0) is 14.8. The minimum absolute atomic E-state index is 0.363. The number of fused-ring (bicyclic) bond motifs is 1. The minimum Gasteiger partial charge on any atom is -0.548 e. The third-order valence-electron chi connectivity index (χ3n) is 2.43. The molecule has 0 aliphatic carbocycles. The molecule has 0 aromatic carbocycles. The molecular formula is C10H8N6O3S2. The van der Waals surface area contributed by atoms with Crippen molar-refractivity contribution in [3.63, 3.8) is 0 Å². The summed E-state index contributed by atoms with van der Waals surface area (Å²) in [6.45, 7) is -0.397. The molecule has 0 amide bonds. The van der Waals surface area contributed by atoms with Gasteiger partial charge in [0.05, 0.1) is 25.0 Å². The van der Waals surface area contributed by atoms with Crippen LogP contribution in [0.4, 0.5) is 0 Å². The van der Waals surface area contributed by atoms with Gasteiger partial charge in [0.15, 0.2) is 15.1 Å². The highest BCUT2D eigenvalue weighted by Crippen LogP contribution is 2.38. The van der Waals surface area contributed by atoms with Gasteiger partial charge in [-0.3, -0.25) is 0 Å². The number of aliphatic carboxylic acids is 1. The Morgan fingerprint density at radius 2 is 2.38 bits per heavy atom. The molecule has 0 N–H and O–H groups in total. The molecule has 9 nitrogen and oxygen atoms in total. The van der Waals surface area contributed by atoms with Gasteiger partial charge in [-0.2, -0.15) is 4.98 Å². The summed E-state index contributed by atoms with van der Waals surface area (Å²) in [7, 11) is 2.23. The number of methoxy groups -OCH3 is 1. The van der Waals surface area contributed by atoms with Crippen molar-refractivity contribution in [1.29, 1.82) is 0 Å². The summed E-state index contributed by atoms with van der Waals surface area (Å²) in [6, 6.07) is 3.62. The van der Waals surface area contributed by atoms with E-state index in [-0.39, 0.29) is 0 Å². The van der Waals surface area contributed by atoms with Crippen LogP contribution in [0.3, 0.4) is 0 Å². The molecule has 0 radical (unpaired) electrons. The second-order valence-electron chi connectivity index (χ2n) is 3.83. The van der Waals surface area contributed by atoms with E-state index in [9.17, 15) is 9.90 Å². The van der Waals surface area contributed by atoms with Gasteiger partial charge in [0.1, 0.15) is 0 Å². The molecule has 0 saturated carbocycles. The number of tetrazole rings is 1. The van der Waals surface area contributed by atoms with Gasteiger partial charge in [-0.05, 0) is 20.9 Å². The summed E-state index contributed by atoms with van der Waals surface area (Å²) in [5.74, 6) is -0.766. The van der Waals surface area contributed by atoms with E-state index in [0.717, 1.165) is 10.1 Å². The molecule has 0 aliphatic heterocycles. The summed E-state index contributed by atoms with van der Waals surface area (Å²) >= 11 is 0. The highest BCUT2D eigenvalue weighted by molar-refractivity contribution is 8.44. The number of carboxylic acids is 1. The van der Waals surface area contributed by atoms with Crippen molar-refractivity contribution >= 4 is 37.5 Å². The van der Waals surface area contributed by atoms with Crippen molar-refractivity contribution in [2.75, 3.05) is 7.11 Å². The molecule has 0 saturated heterocycles. The Balaban J connectivity index is 1.88.